The molecule has 0 saturated carbocycles. The van der Waals surface area contributed by atoms with E-state index in [1.54, 1.807) is 12.1 Å². The van der Waals surface area contributed by atoms with Crippen molar-refractivity contribution < 1.29 is 9.13 Å². The molecule has 0 saturated heterocycles. The molecule has 0 bridgehead atoms. The van der Waals surface area contributed by atoms with Crippen LogP contribution in [0.3, 0.4) is 0 Å². The van der Waals surface area contributed by atoms with Crippen LogP contribution in [0.1, 0.15) is 0 Å². The first-order valence-electron chi connectivity index (χ1n) is 4.46. The van der Waals surface area contributed by atoms with Crippen molar-refractivity contribution >= 4 is 15.9 Å². The molecule has 4 heteroatoms. The zero-order valence-electron chi connectivity index (χ0n) is 8.09. The highest BCUT2D eigenvalue weighted by Gasteiger charge is 2.02. The first-order chi connectivity index (χ1) is 7.24. The van der Waals surface area contributed by atoms with E-state index in [4.69, 9.17) is 11.2 Å². The van der Waals surface area contributed by atoms with E-state index in [-0.39, 0.29) is 11.6 Å². The van der Waals surface area contributed by atoms with Gasteiger partial charge >= 0.3 is 0 Å². The number of halogens is 2. The van der Waals surface area contributed by atoms with Gasteiger partial charge in [-0.3, -0.25) is 0 Å². The fourth-order valence-corrected chi connectivity index (χ4v) is 1.32. The van der Waals surface area contributed by atoms with E-state index >= 15 is 0 Å². The number of hydrogen-bond acceptors (Lipinski definition) is 2. The van der Waals surface area contributed by atoms with Gasteiger partial charge in [0.25, 0.3) is 0 Å². The van der Waals surface area contributed by atoms with Crippen LogP contribution in [0, 0.1) is 18.2 Å². The summed E-state index contributed by atoms with van der Waals surface area (Å²) in [5, 5.41) is 2.94. The van der Waals surface area contributed by atoms with Crippen molar-refractivity contribution in [3.63, 3.8) is 0 Å². The van der Waals surface area contributed by atoms with Crippen LogP contribution in [0.15, 0.2) is 22.7 Å². The van der Waals surface area contributed by atoms with Crippen LogP contribution in [-0.4, -0.2) is 19.7 Å². The number of ether oxygens (including phenoxy) is 1. The molecule has 15 heavy (non-hydrogen) atoms. The molecule has 0 fully saturated rings. The molecule has 0 radical (unpaired) electrons. The highest BCUT2D eigenvalue weighted by molar-refractivity contribution is 9.10. The van der Waals surface area contributed by atoms with Gasteiger partial charge in [-0.2, -0.15) is 0 Å². The molecule has 1 aromatic rings. The Morgan fingerprint density at radius 3 is 3.07 bits per heavy atom. The van der Waals surface area contributed by atoms with Crippen LogP contribution < -0.4 is 10.1 Å². The lowest BCUT2D eigenvalue weighted by molar-refractivity contribution is 0.301. The van der Waals surface area contributed by atoms with Crippen LogP contribution >= 0.6 is 15.9 Å². The molecule has 0 aliphatic carbocycles. The Kier molecular flexibility index (Phi) is 5.16. The van der Waals surface area contributed by atoms with Crippen LogP contribution in [0.4, 0.5) is 4.39 Å². The van der Waals surface area contributed by atoms with Crippen molar-refractivity contribution in [2.75, 3.05) is 19.7 Å². The average molecular weight is 272 g/mol. The molecule has 80 valence electrons. The molecular weight excluding hydrogens is 261 g/mol. The number of terminal acetylenes is 1. The lowest BCUT2D eigenvalue weighted by Gasteiger charge is -2.07. The van der Waals surface area contributed by atoms with Crippen LogP contribution in [0.2, 0.25) is 0 Å². The first kappa shape index (κ1) is 12.0. The predicted molar refractivity (Wildman–Crippen MR) is 61.3 cm³/mol. The van der Waals surface area contributed by atoms with Crippen molar-refractivity contribution in [1.82, 2.24) is 5.32 Å². The van der Waals surface area contributed by atoms with Gasteiger partial charge in [0.05, 0.1) is 6.54 Å². The lowest BCUT2D eigenvalue weighted by Crippen LogP contribution is -2.21. The summed E-state index contributed by atoms with van der Waals surface area (Å²) in [6, 6.07) is 4.57. The van der Waals surface area contributed by atoms with Gasteiger partial charge in [0, 0.05) is 11.0 Å². The zero-order chi connectivity index (χ0) is 11.1. The Morgan fingerprint density at radius 1 is 1.53 bits per heavy atom. The average Bonchev–Trinajstić information content (AvgIpc) is 2.23. The minimum atomic E-state index is -0.366. The van der Waals surface area contributed by atoms with Gasteiger partial charge < -0.3 is 10.1 Å². The first-order valence-corrected chi connectivity index (χ1v) is 5.25. The quantitative estimate of drug-likeness (QED) is 0.655. The second-order valence-corrected chi connectivity index (χ2v) is 3.72. The van der Waals surface area contributed by atoms with Gasteiger partial charge in [0.15, 0.2) is 11.6 Å². The number of benzene rings is 1. The van der Waals surface area contributed by atoms with Crippen LogP contribution in [-0.2, 0) is 0 Å². The molecule has 0 heterocycles. The summed E-state index contributed by atoms with van der Waals surface area (Å²) in [5.74, 6) is 2.32. The SMILES string of the molecule is C#CCNCCOc1cc(Br)ccc1F. The van der Waals surface area contributed by atoms with Crippen LogP contribution in [0.25, 0.3) is 0 Å². The number of hydrogen-bond donors (Lipinski definition) is 1. The Balaban J connectivity index is 2.37. The molecule has 1 aromatic carbocycles. The fourth-order valence-electron chi connectivity index (χ4n) is 0.982. The smallest absolute Gasteiger partial charge is 0.165 e. The molecule has 1 N–H and O–H groups in total. The monoisotopic (exact) mass is 271 g/mol. The van der Waals surface area contributed by atoms with Gasteiger partial charge in [-0.25, -0.2) is 4.39 Å². The summed E-state index contributed by atoms with van der Waals surface area (Å²) in [5.41, 5.74) is 0. The van der Waals surface area contributed by atoms with Crippen molar-refractivity contribution in [3.8, 4) is 18.1 Å². The minimum Gasteiger partial charge on any atom is -0.489 e. The third kappa shape index (κ3) is 4.32. The molecule has 0 spiro atoms. The Bertz CT molecular complexity index is 362. The van der Waals surface area contributed by atoms with Crippen molar-refractivity contribution in [2.45, 2.75) is 0 Å². The number of nitrogens with one attached hydrogen (secondary N) is 1. The van der Waals surface area contributed by atoms with E-state index in [0.717, 1.165) is 4.47 Å². The standard InChI is InChI=1S/C11H11BrFNO/c1-2-5-14-6-7-15-11-8-9(12)3-4-10(11)13/h1,3-4,8,14H,5-7H2. The molecule has 0 amide bonds. The van der Waals surface area contributed by atoms with Crippen molar-refractivity contribution in [2.24, 2.45) is 0 Å². The molecule has 1 rings (SSSR count). The summed E-state index contributed by atoms with van der Waals surface area (Å²) >= 11 is 3.24. The maximum absolute atomic E-state index is 13.1. The van der Waals surface area contributed by atoms with Gasteiger partial charge in [0.1, 0.15) is 6.61 Å². The van der Waals surface area contributed by atoms with E-state index in [1.165, 1.54) is 6.07 Å². The molecule has 0 atom stereocenters. The minimum absolute atomic E-state index is 0.242. The second-order valence-electron chi connectivity index (χ2n) is 2.80. The highest BCUT2D eigenvalue weighted by Crippen LogP contribution is 2.21. The second kappa shape index (κ2) is 6.44. The topological polar surface area (TPSA) is 21.3 Å². The third-order valence-corrected chi connectivity index (χ3v) is 2.15. The van der Waals surface area contributed by atoms with E-state index in [2.05, 4.69) is 27.2 Å². The van der Waals surface area contributed by atoms with E-state index in [9.17, 15) is 4.39 Å². The number of rotatable bonds is 5. The normalized spacial score (nSPS) is 9.67. The molecule has 2 nitrogen and oxygen atoms in total. The van der Waals surface area contributed by atoms with Gasteiger partial charge in [0.2, 0.25) is 0 Å². The fraction of sp³-hybridized carbons (Fsp3) is 0.273. The van der Waals surface area contributed by atoms with Crippen molar-refractivity contribution in [1.29, 1.82) is 0 Å². The third-order valence-electron chi connectivity index (χ3n) is 1.66. The van der Waals surface area contributed by atoms with Gasteiger partial charge in [-0.1, -0.05) is 21.9 Å². The summed E-state index contributed by atoms with van der Waals surface area (Å²) in [4.78, 5) is 0. The summed E-state index contributed by atoms with van der Waals surface area (Å²) < 4.78 is 19.2. The van der Waals surface area contributed by atoms with Crippen molar-refractivity contribution in [3.05, 3.63) is 28.5 Å². The highest BCUT2D eigenvalue weighted by atomic mass is 79.9. The summed E-state index contributed by atoms with van der Waals surface area (Å²) in [7, 11) is 0. The predicted octanol–water partition coefficient (Wildman–Crippen LogP) is 2.19. The molecule has 0 aliphatic heterocycles. The van der Waals surface area contributed by atoms with Gasteiger partial charge in [-0.15, -0.1) is 6.42 Å². The Hall–Kier alpha value is -1.05. The van der Waals surface area contributed by atoms with Crippen LogP contribution in [0.5, 0.6) is 5.75 Å². The molecule has 0 aromatic heterocycles. The van der Waals surface area contributed by atoms with Gasteiger partial charge in [-0.05, 0) is 18.2 Å². The van der Waals surface area contributed by atoms with E-state index in [1.807, 2.05) is 0 Å². The maximum Gasteiger partial charge on any atom is 0.165 e. The Morgan fingerprint density at radius 2 is 2.33 bits per heavy atom. The lowest BCUT2D eigenvalue weighted by atomic mass is 10.3. The Labute approximate surface area is 97.0 Å². The summed E-state index contributed by atoms with van der Waals surface area (Å²) in [6.07, 6.45) is 5.05. The zero-order valence-corrected chi connectivity index (χ0v) is 9.68. The molecule has 0 unspecified atom stereocenters. The largest absolute Gasteiger partial charge is 0.489 e. The molecular formula is C11H11BrFNO. The van der Waals surface area contributed by atoms with E-state index < -0.39 is 0 Å². The molecule has 0 aliphatic rings. The maximum atomic E-state index is 13.1. The summed E-state index contributed by atoms with van der Waals surface area (Å²) in [6.45, 7) is 1.47. The van der Waals surface area contributed by atoms with E-state index in [0.29, 0.717) is 19.7 Å².